The molecule has 5 rings (SSSR count). The topological polar surface area (TPSA) is 83.0 Å². The van der Waals surface area contributed by atoms with E-state index in [2.05, 4.69) is 23.7 Å². The predicted molar refractivity (Wildman–Crippen MR) is 194 cm³/mol. The Morgan fingerprint density at radius 3 is 2.36 bits per heavy atom. The maximum atomic E-state index is 14.0. The Morgan fingerprint density at radius 2 is 1.62 bits per heavy atom. The van der Waals surface area contributed by atoms with Gasteiger partial charge in [0.1, 0.15) is 22.5 Å². The minimum Gasteiger partial charge on any atom is -0.493 e. The lowest BCUT2D eigenvalue weighted by Gasteiger charge is -2.19. The van der Waals surface area contributed by atoms with Crippen molar-refractivity contribution in [2.75, 3.05) is 18.2 Å². The van der Waals surface area contributed by atoms with Gasteiger partial charge in [-0.05, 0) is 87.2 Å². The zero-order valence-corrected chi connectivity index (χ0v) is 29.7. The monoisotopic (exact) mass is 728 g/mol. The molecule has 1 saturated heterocycles. The second-order valence-electron chi connectivity index (χ2n) is 11.0. The molecule has 1 aliphatic heterocycles. The van der Waals surface area contributed by atoms with Crippen molar-refractivity contribution in [1.29, 1.82) is 0 Å². The summed E-state index contributed by atoms with van der Waals surface area (Å²) in [6.45, 7) is 7.02. The number of hydrogen-bond donors (Lipinski definition) is 2. The van der Waals surface area contributed by atoms with E-state index in [-0.39, 0.29) is 27.5 Å². The van der Waals surface area contributed by atoms with Gasteiger partial charge in [0.2, 0.25) is 0 Å². The van der Waals surface area contributed by atoms with Crippen molar-refractivity contribution in [3.05, 3.63) is 115 Å². The highest BCUT2D eigenvalue weighted by atomic mass is 35.5. The van der Waals surface area contributed by atoms with Crippen LogP contribution in [0.2, 0.25) is 20.1 Å². The Labute approximate surface area is 298 Å². The van der Waals surface area contributed by atoms with Gasteiger partial charge in [-0.15, -0.1) is 11.8 Å². The summed E-state index contributed by atoms with van der Waals surface area (Å²) in [6, 6.07) is 21.7. The molecule has 4 aromatic rings. The fraction of sp³-hybridized carbons (Fsp3) is 0.229. The molecule has 47 heavy (non-hydrogen) atoms. The molecule has 244 valence electrons. The van der Waals surface area contributed by atoms with Crippen LogP contribution in [0.15, 0.2) is 82.7 Å². The largest absolute Gasteiger partial charge is 0.493 e. The fourth-order valence-corrected chi connectivity index (χ4v) is 7.22. The molecular weight excluding hydrogens is 698 g/mol. The number of nitrogens with zero attached hydrogens (tertiary/aromatic N) is 2. The number of amides is 2. The van der Waals surface area contributed by atoms with E-state index in [0.29, 0.717) is 45.2 Å². The van der Waals surface area contributed by atoms with Crippen molar-refractivity contribution in [2.45, 2.75) is 43.8 Å². The number of halogens is 4. The van der Waals surface area contributed by atoms with Crippen molar-refractivity contribution < 1.29 is 14.3 Å². The van der Waals surface area contributed by atoms with Crippen molar-refractivity contribution >= 4 is 87.2 Å². The molecule has 1 heterocycles. The summed E-state index contributed by atoms with van der Waals surface area (Å²) in [5.74, 6) is 0.534. The number of benzene rings is 4. The number of carbonyl (C=O) groups is 2. The summed E-state index contributed by atoms with van der Waals surface area (Å²) < 4.78 is 5.91. The molecule has 0 aliphatic carbocycles. The first-order valence-corrected chi connectivity index (χ1v) is 17.2. The minimum absolute atomic E-state index is 0.182. The second kappa shape index (κ2) is 15.7. The van der Waals surface area contributed by atoms with Crippen LogP contribution in [0.5, 0.6) is 5.75 Å². The number of thioether (sulfide) groups is 1. The number of anilines is 1. The van der Waals surface area contributed by atoms with Gasteiger partial charge in [0.15, 0.2) is 0 Å². The first kappa shape index (κ1) is 34.9. The van der Waals surface area contributed by atoms with Crippen molar-refractivity contribution in [2.24, 2.45) is 4.99 Å². The van der Waals surface area contributed by atoms with Gasteiger partial charge in [-0.25, -0.2) is 10.0 Å². The number of rotatable bonds is 11. The molecule has 2 N–H and O–H groups in total. The number of hydrogen-bond acceptors (Lipinski definition) is 5. The van der Waals surface area contributed by atoms with Crippen molar-refractivity contribution in [3.63, 3.8) is 0 Å². The molecule has 0 aromatic heterocycles. The minimum atomic E-state index is -0.884. The molecule has 0 spiro atoms. The number of unbranched alkanes of at least 4 members (excludes halogenated alkanes) is 1. The van der Waals surface area contributed by atoms with Gasteiger partial charge >= 0.3 is 0 Å². The molecule has 12 heteroatoms. The summed E-state index contributed by atoms with van der Waals surface area (Å²) in [7, 11) is 0. The van der Waals surface area contributed by atoms with E-state index in [9.17, 15) is 9.59 Å². The summed E-state index contributed by atoms with van der Waals surface area (Å²) in [5, 5.41) is 4.48. The highest BCUT2D eigenvalue weighted by molar-refractivity contribution is 8.01. The highest BCUT2D eigenvalue weighted by Crippen LogP contribution is 2.40. The van der Waals surface area contributed by atoms with Crippen LogP contribution in [-0.4, -0.2) is 36.1 Å². The number of hydrazine groups is 1. The first-order valence-electron chi connectivity index (χ1n) is 14.9. The van der Waals surface area contributed by atoms with Gasteiger partial charge in [-0.2, -0.15) is 0 Å². The van der Waals surface area contributed by atoms with E-state index < -0.39 is 5.25 Å². The van der Waals surface area contributed by atoms with Crippen LogP contribution >= 0.6 is 58.2 Å². The zero-order valence-electron chi connectivity index (χ0n) is 25.9. The smallest absolute Gasteiger partial charge is 0.267 e. The van der Waals surface area contributed by atoms with Crippen molar-refractivity contribution in [1.82, 2.24) is 10.7 Å². The van der Waals surface area contributed by atoms with Crippen LogP contribution in [0.1, 0.15) is 39.9 Å². The molecule has 1 aliphatic rings. The van der Waals surface area contributed by atoms with E-state index in [1.165, 1.54) is 34.5 Å². The van der Waals surface area contributed by atoms with Gasteiger partial charge in [0.25, 0.3) is 11.8 Å². The number of nitrogens with one attached hydrogen (secondary N) is 2. The Balaban J connectivity index is 1.32. The maximum absolute atomic E-state index is 14.0. The van der Waals surface area contributed by atoms with Gasteiger partial charge < -0.3 is 10.1 Å². The number of aryl methyl sites for hydroxylation is 3. The molecule has 0 radical (unpaired) electrons. The van der Waals surface area contributed by atoms with Gasteiger partial charge in [-0.3, -0.25) is 15.0 Å². The van der Waals surface area contributed by atoms with Crippen LogP contribution in [0.25, 0.3) is 0 Å². The standard InChI is InChI=1S/C35H32Cl4N4O3S/c1-20-11-13-29(22(3)16-20)46-15-7-6-14-40-34(44)24-8-4-5-9-30(24)47-32-33(41-28-17-21(2)10-12-25(28)37)42-43(35(32)45)31-26(38)18-23(36)19-27(31)39/h4-5,8-13,16-19,32H,6-7,14-15H2,1-3H3,(H,40,44)(H,41,42). The lowest BCUT2D eigenvalue weighted by atomic mass is 10.1. The third-order valence-corrected chi connectivity index (χ3v) is 9.67. The molecule has 7 nitrogen and oxygen atoms in total. The molecule has 1 atom stereocenters. The molecule has 4 aromatic carbocycles. The fourth-order valence-electron chi connectivity index (χ4n) is 4.96. The Kier molecular flexibility index (Phi) is 11.6. The average molecular weight is 731 g/mol. The third kappa shape index (κ3) is 8.55. The van der Waals surface area contributed by atoms with Crippen LogP contribution in [-0.2, 0) is 4.79 Å². The maximum Gasteiger partial charge on any atom is 0.267 e. The molecule has 0 bridgehead atoms. The number of ether oxygens (including phenoxy) is 1. The van der Waals surface area contributed by atoms with Crippen LogP contribution in [0.4, 0.5) is 11.4 Å². The van der Waals surface area contributed by atoms with Crippen molar-refractivity contribution in [3.8, 4) is 5.75 Å². The normalized spacial score (nSPS) is 15.2. The van der Waals surface area contributed by atoms with E-state index in [4.69, 9.17) is 56.1 Å². The number of carbonyl (C=O) groups excluding carboxylic acids is 2. The Morgan fingerprint density at radius 1 is 0.915 bits per heavy atom. The van der Waals surface area contributed by atoms with E-state index >= 15 is 0 Å². The van der Waals surface area contributed by atoms with Crippen LogP contribution in [0.3, 0.4) is 0 Å². The van der Waals surface area contributed by atoms with Crippen LogP contribution in [0, 0.1) is 20.8 Å². The molecule has 0 saturated carbocycles. The Hall–Kier alpha value is -3.40. The molecule has 2 amide bonds. The zero-order chi connectivity index (χ0) is 33.7. The summed E-state index contributed by atoms with van der Waals surface area (Å²) in [5.41, 5.74) is 7.46. The lowest BCUT2D eigenvalue weighted by Crippen LogP contribution is -2.36. The van der Waals surface area contributed by atoms with E-state index in [1.807, 2.05) is 44.2 Å². The SMILES string of the molecule is Cc1ccc(OCCCCNC(=O)c2ccccc2SC2C(=O)N(c3c(Cl)cc(Cl)cc3Cl)NC2=Nc2cc(C)ccc2Cl)c(C)c1. The quantitative estimate of drug-likeness (QED) is 0.150. The Bertz CT molecular complexity index is 1830. The van der Waals surface area contributed by atoms with Gasteiger partial charge in [0.05, 0.1) is 32.9 Å². The van der Waals surface area contributed by atoms with E-state index in [1.54, 1.807) is 24.3 Å². The number of amidine groups is 1. The third-order valence-electron chi connectivity index (χ3n) is 7.29. The van der Waals surface area contributed by atoms with Crippen LogP contribution < -0.4 is 20.5 Å². The van der Waals surface area contributed by atoms with Gasteiger partial charge in [0, 0.05) is 16.5 Å². The first-order chi connectivity index (χ1) is 22.5. The summed E-state index contributed by atoms with van der Waals surface area (Å²) in [6.07, 6.45) is 1.52. The van der Waals surface area contributed by atoms with E-state index in [0.717, 1.165) is 29.7 Å². The summed E-state index contributed by atoms with van der Waals surface area (Å²) in [4.78, 5) is 32.7. The molecule has 1 unspecified atom stereocenters. The molecular formula is C35H32Cl4N4O3S. The predicted octanol–water partition coefficient (Wildman–Crippen LogP) is 9.56. The average Bonchev–Trinajstić information content (AvgIpc) is 3.31. The summed E-state index contributed by atoms with van der Waals surface area (Å²) >= 11 is 26.8. The second-order valence-corrected chi connectivity index (χ2v) is 13.8. The lowest BCUT2D eigenvalue weighted by molar-refractivity contribution is -0.116. The molecule has 1 fully saturated rings. The van der Waals surface area contributed by atoms with Gasteiger partial charge in [-0.1, -0.05) is 82.3 Å². The number of aliphatic imine (C=N–C) groups is 1. The highest BCUT2D eigenvalue weighted by Gasteiger charge is 2.41.